The summed E-state index contributed by atoms with van der Waals surface area (Å²) in [5.74, 6) is 0.705. The summed E-state index contributed by atoms with van der Waals surface area (Å²) in [4.78, 5) is 18.6. The number of halogens is 1. The Morgan fingerprint density at radius 1 is 1.28 bits per heavy atom. The van der Waals surface area contributed by atoms with Crippen LogP contribution in [0.1, 0.15) is 10.4 Å². The Balaban J connectivity index is 1.44. The van der Waals surface area contributed by atoms with Gasteiger partial charge in [-0.2, -0.15) is 0 Å². The predicted octanol–water partition coefficient (Wildman–Crippen LogP) is 1.87. The van der Waals surface area contributed by atoms with E-state index in [1.807, 2.05) is 6.07 Å². The van der Waals surface area contributed by atoms with Gasteiger partial charge in [0.05, 0.1) is 25.3 Å². The first-order valence-electron chi connectivity index (χ1n) is 8.18. The van der Waals surface area contributed by atoms with Crippen LogP contribution in [0, 0.1) is 5.82 Å². The minimum Gasteiger partial charge on any atom is -0.492 e. The number of anilines is 1. The van der Waals surface area contributed by atoms with Crippen LogP contribution in [0.3, 0.4) is 0 Å². The van der Waals surface area contributed by atoms with Gasteiger partial charge in [0.25, 0.3) is 5.91 Å². The smallest absolute Gasteiger partial charge is 0.252 e. The first-order valence-corrected chi connectivity index (χ1v) is 8.18. The van der Waals surface area contributed by atoms with E-state index < -0.39 is 0 Å². The fraction of sp³-hybridized carbons (Fsp3) is 0.333. The van der Waals surface area contributed by atoms with Gasteiger partial charge in [-0.15, -0.1) is 0 Å². The van der Waals surface area contributed by atoms with Gasteiger partial charge in [0, 0.05) is 25.4 Å². The lowest BCUT2D eigenvalue weighted by atomic mass is 10.2. The standard InChI is InChI=1S/C18H20FN3O3/c19-15-2-1-3-16(12-15)25-9-6-20-18(23)14-4-5-17(21-13-14)22-7-10-24-11-8-22/h1-5,12-13H,6-11H2,(H,20,23). The quantitative estimate of drug-likeness (QED) is 0.810. The van der Waals surface area contributed by atoms with Crippen molar-refractivity contribution in [3.63, 3.8) is 0 Å². The van der Waals surface area contributed by atoms with Crippen LogP contribution in [0.4, 0.5) is 10.2 Å². The van der Waals surface area contributed by atoms with Gasteiger partial charge >= 0.3 is 0 Å². The third kappa shape index (κ3) is 4.90. The molecule has 0 radical (unpaired) electrons. The molecule has 7 heteroatoms. The molecular weight excluding hydrogens is 325 g/mol. The summed E-state index contributed by atoms with van der Waals surface area (Å²) in [5, 5.41) is 2.75. The molecule has 1 aromatic heterocycles. The van der Waals surface area contributed by atoms with Crippen LogP contribution in [0.15, 0.2) is 42.6 Å². The third-order valence-corrected chi connectivity index (χ3v) is 3.80. The van der Waals surface area contributed by atoms with Crippen molar-refractivity contribution in [1.29, 1.82) is 0 Å². The van der Waals surface area contributed by atoms with Crippen molar-refractivity contribution < 1.29 is 18.7 Å². The Hall–Kier alpha value is -2.67. The molecule has 6 nitrogen and oxygen atoms in total. The highest BCUT2D eigenvalue weighted by Crippen LogP contribution is 2.13. The normalized spacial score (nSPS) is 14.2. The number of hydrogen-bond acceptors (Lipinski definition) is 5. The van der Waals surface area contributed by atoms with E-state index in [-0.39, 0.29) is 18.3 Å². The van der Waals surface area contributed by atoms with Crippen LogP contribution in [-0.2, 0) is 4.74 Å². The monoisotopic (exact) mass is 345 g/mol. The van der Waals surface area contributed by atoms with Crippen molar-refractivity contribution in [3.8, 4) is 5.75 Å². The lowest BCUT2D eigenvalue weighted by Crippen LogP contribution is -2.36. The van der Waals surface area contributed by atoms with Crippen molar-refractivity contribution in [2.75, 3.05) is 44.4 Å². The number of amides is 1. The number of hydrogen-bond donors (Lipinski definition) is 1. The topological polar surface area (TPSA) is 63.7 Å². The van der Waals surface area contributed by atoms with Crippen LogP contribution in [-0.4, -0.2) is 50.3 Å². The zero-order chi connectivity index (χ0) is 17.5. The number of ether oxygens (including phenoxy) is 2. The predicted molar refractivity (Wildman–Crippen MR) is 91.5 cm³/mol. The maximum Gasteiger partial charge on any atom is 0.252 e. The van der Waals surface area contributed by atoms with Crippen molar-refractivity contribution in [2.24, 2.45) is 0 Å². The van der Waals surface area contributed by atoms with Gasteiger partial charge in [0.2, 0.25) is 0 Å². The molecule has 1 N–H and O–H groups in total. The maximum absolute atomic E-state index is 13.0. The lowest BCUT2D eigenvalue weighted by molar-refractivity contribution is 0.0946. The number of pyridine rings is 1. The molecule has 1 aliphatic rings. The van der Waals surface area contributed by atoms with Gasteiger partial charge in [-0.25, -0.2) is 9.37 Å². The van der Waals surface area contributed by atoms with Gasteiger partial charge in [-0.3, -0.25) is 4.79 Å². The van der Waals surface area contributed by atoms with Crippen LogP contribution < -0.4 is 15.0 Å². The molecule has 1 aliphatic heterocycles. The molecular formula is C18H20FN3O3. The summed E-state index contributed by atoms with van der Waals surface area (Å²) in [7, 11) is 0. The number of nitrogens with one attached hydrogen (secondary N) is 1. The van der Waals surface area contributed by atoms with Crippen molar-refractivity contribution in [2.45, 2.75) is 0 Å². The average molecular weight is 345 g/mol. The molecule has 132 valence electrons. The summed E-state index contributed by atoms with van der Waals surface area (Å²) in [6, 6.07) is 9.48. The molecule has 1 amide bonds. The molecule has 0 atom stereocenters. The Kier molecular flexibility index (Phi) is 5.79. The van der Waals surface area contributed by atoms with Crippen LogP contribution >= 0.6 is 0 Å². The Labute approximate surface area is 145 Å². The molecule has 1 fully saturated rings. The number of rotatable bonds is 6. The molecule has 0 unspecified atom stereocenters. The number of nitrogens with zero attached hydrogens (tertiary/aromatic N) is 2. The highest BCUT2D eigenvalue weighted by atomic mass is 19.1. The second-order valence-corrected chi connectivity index (χ2v) is 5.57. The summed E-state index contributed by atoms with van der Waals surface area (Å²) in [6.07, 6.45) is 1.56. The lowest BCUT2D eigenvalue weighted by Gasteiger charge is -2.27. The summed E-state index contributed by atoms with van der Waals surface area (Å²) >= 11 is 0. The maximum atomic E-state index is 13.0. The molecule has 1 aromatic carbocycles. The highest BCUT2D eigenvalue weighted by Gasteiger charge is 2.13. The van der Waals surface area contributed by atoms with E-state index in [0.717, 1.165) is 18.9 Å². The zero-order valence-electron chi connectivity index (χ0n) is 13.8. The molecule has 0 aliphatic carbocycles. The molecule has 2 heterocycles. The van der Waals surface area contributed by atoms with E-state index in [0.29, 0.717) is 31.1 Å². The van der Waals surface area contributed by atoms with Crippen LogP contribution in [0.25, 0.3) is 0 Å². The Bertz CT molecular complexity index is 703. The minimum absolute atomic E-state index is 0.219. The fourth-order valence-electron chi connectivity index (χ4n) is 2.49. The third-order valence-electron chi connectivity index (χ3n) is 3.80. The first-order chi connectivity index (χ1) is 12.2. The van der Waals surface area contributed by atoms with Gasteiger partial charge < -0.3 is 19.7 Å². The van der Waals surface area contributed by atoms with E-state index in [9.17, 15) is 9.18 Å². The molecule has 1 saturated heterocycles. The summed E-state index contributed by atoms with van der Waals surface area (Å²) < 4.78 is 23.7. The molecule has 0 saturated carbocycles. The number of morpholine rings is 1. The SMILES string of the molecule is O=C(NCCOc1cccc(F)c1)c1ccc(N2CCOCC2)nc1. The molecule has 0 bridgehead atoms. The van der Waals surface area contributed by atoms with E-state index in [2.05, 4.69) is 15.2 Å². The van der Waals surface area contributed by atoms with Gasteiger partial charge in [-0.1, -0.05) is 6.07 Å². The van der Waals surface area contributed by atoms with E-state index in [4.69, 9.17) is 9.47 Å². The molecule has 0 spiro atoms. The number of benzene rings is 1. The second-order valence-electron chi connectivity index (χ2n) is 5.57. The molecule has 25 heavy (non-hydrogen) atoms. The molecule has 2 aromatic rings. The fourth-order valence-corrected chi connectivity index (χ4v) is 2.49. The van der Waals surface area contributed by atoms with Crippen LogP contribution in [0.5, 0.6) is 5.75 Å². The van der Waals surface area contributed by atoms with Crippen LogP contribution in [0.2, 0.25) is 0 Å². The summed E-state index contributed by atoms with van der Waals surface area (Å²) in [5.41, 5.74) is 0.489. The van der Waals surface area contributed by atoms with Gasteiger partial charge in [0.1, 0.15) is 24.0 Å². The van der Waals surface area contributed by atoms with Crippen molar-refractivity contribution >= 4 is 11.7 Å². The van der Waals surface area contributed by atoms with Crippen molar-refractivity contribution in [3.05, 3.63) is 54.0 Å². The van der Waals surface area contributed by atoms with Crippen molar-refractivity contribution in [1.82, 2.24) is 10.3 Å². The second kappa shape index (κ2) is 8.43. The molecule has 3 rings (SSSR count). The number of carbonyl (C=O) groups is 1. The number of carbonyl (C=O) groups excluding carboxylic acids is 1. The van der Waals surface area contributed by atoms with E-state index in [1.165, 1.54) is 12.1 Å². The average Bonchev–Trinajstić information content (AvgIpc) is 2.66. The van der Waals surface area contributed by atoms with Gasteiger partial charge in [-0.05, 0) is 24.3 Å². The van der Waals surface area contributed by atoms with Gasteiger partial charge in [0.15, 0.2) is 0 Å². The minimum atomic E-state index is -0.354. The summed E-state index contributed by atoms with van der Waals surface area (Å²) in [6.45, 7) is 3.56. The van der Waals surface area contributed by atoms with E-state index >= 15 is 0 Å². The number of aromatic nitrogens is 1. The Morgan fingerprint density at radius 2 is 2.12 bits per heavy atom. The van der Waals surface area contributed by atoms with E-state index in [1.54, 1.807) is 24.4 Å². The first kappa shape index (κ1) is 17.2. The Morgan fingerprint density at radius 3 is 2.84 bits per heavy atom. The zero-order valence-corrected chi connectivity index (χ0v) is 13.8. The largest absolute Gasteiger partial charge is 0.492 e. The highest BCUT2D eigenvalue weighted by molar-refractivity contribution is 5.94.